The van der Waals surface area contributed by atoms with Gasteiger partial charge in [-0.25, -0.2) is 14.5 Å². The molecule has 0 fully saturated rings. The molecule has 16 heavy (non-hydrogen) atoms. The fourth-order valence-electron chi connectivity index (χ4n) is 1.92. The third-order valence-corrected chi connectivity index (χ3v) is 2.73. The third kappa shape index (κ3) is 1.69. The Balaban J connectivity index is 2.27. The monoisotopic (exact) mass is 225 g/mol. The molecule has 0 amide bonds. The third-order valence-electron chi connectivity index (χ3n) is 2.73. The van der Waals surface area contributed by atoms with Crippen molar-refractivity contribution in [2.45, 2.75) is 38.8 Å². The molecule has 1 aliphatic rings. The molecule has 88 valence electrons. The zero-order chi connectivity index (χ0) is 11.7. The van der Waals surface area contributed by atoms with Gasteiger partial charge in [0.1, 0.15) is 6.10 Å². The predicted octanol–water partition coefficient (Wildman–Crippen LogP) is 0.843. The van der Waals surface area contributed by atoms with Gasteiger partial charge in [0, 0.05) is 6.42 Å². The number of hydrogen-bond donors (Lipinski definition) is 1. The number of aliphatic hydroxyl groups is 1. The fraction of sp³-hybridized carbons (Fsp3) is 0.700. The Kier molecular flexibility index (Phi) is 2.91. The molecule has 2 heterocycles. The van der Waals surface area contributed by atoms with Gasteiger partial charge in [-0.15, -0.1) is 5.10 Å². The zero-order valence-corrected chi connectivity index (χ0v) is 9.38. The van der Waals surface area contributed by atoms with Crippen molar-refractivity contribution in [3.05, 3.63) is 11.6 Å². The molecule has 1 N–H and O–H groups in total. The largest absolute Gasteiger partial charge is 0.460 e. The lowest BCUT2D eigenvalue weighted by Crippen LogP contribution is -2.10. The standard InChI is InChI=1S/C10H15N3O3/c1-3-6-5-7(14)9-11-8(12-13(6)9)10(15)16-4-2/h6-7,14H,3-5H2,1-2H3. The molecule has 0 aliphatic carbocycles. The van der Waals surface area contributed by atoms with E-state index in [0.29, 0.717) is 18.9 Å². The summed E-state index contributed by atoms with van der Waals surface area (Å²) >= 11 is 0. The number of esters is 1. The van der Waals surface area contributed by atoms with Gasteiger partial charge >= 0.3 is 5.97 Å². The molecule has 2 atom stereocenters. The van der Waals surface area contributed by atoms with Crippen LogP contribution in [0.5, 0.6) is 0 Å². The first-order chi connectivity index (χ1) is 7.67. The van der Waals surface area contributed by atoms with Crippen molar-refractivity contribution < 1.29 is 14.6 Å². The second kappa shape index (κ2) is 4.21. The van der Waals surface area contributed by atoms with Gasteiger partial charge in [0.2, 0.25) is 0 Å². The zero-order valence-electron chi connectivity index (χ0n) is 9.38. The Bertz CT molecular complexity index is 402. The molecule has 1 aliphatic heterocycles. The van der Waals surface area contributed by atoms with Crippen LogP contribution >= 0.6 is 0 Å². The van der Waals surface area contributed by atoms with Crippen LogP contribution in [-0.2, 0) is 4.74 Å². The maximum atomic E-state index is 11.4. The number of fused-ring (bicyclic) bond motifs is 1. The lowest BCUT2D eigenvalue weighted by Gasteiger charge is -2.06. The summed E-state index contributed by atoms with van der Waals surface area (Å²) in [5.74, 6) is -0.0320. The van der Waals surface area contributed by atoms with Crippen LogP contribution in [0.25, 0.3) is 0 Å². The van der Waals surface area contributed by atoms with E-state index in [0.717, 1.165) is 6.42 Å². The Labute approximate surface area is 93.2 Å². The van der Waals surface area contributed by atoms with Crippen LogP contribution < -0.4 is 0 Å². The maximum Gasteiger partial charge on any atom is 0.378 e. The highest BCUT2D eigenvalue weighted by Crippen LogP contribution is 2.34. The molecule has 0 aromatic carbocycles. The van der Waals surface area contributed by atoms with Gasteiger partial charge in [-0.2, -0.15) is 0 Å². The number of aliphatic hydroxyl groups excluding tert-OH is 1. The second-order valence-corrected chi connectivity index (χ2v) is 3.77. The van der Waals surface area contributed by atoms with Gasteiger partial charge in [0.05, 0.1) is 12.6 Å². The molecule has 1 aromatic heterocycles. The summed E-state index contributed by atoms with van der Waals surface area (Å²) in [5, 5.41) is 13.8. The molecule has 6 heteroatoms. The smallest absolute Gasteiger partial charge is 0.378 e. The van der Waals surface area contributed by atoms with E-state index in [1.165, 1.54) is 0 Å². The van der Waals surface area contributed by atoms with E-state index >= 15 is 0 Å². The molecule has 0 spiro atoms. The molecule has 2 rings (SSSR count). The SMILES string of the molecule is CCOC(=O)c1nc2n(n1)C(CC)CC2O. The second-order valence-electron chi connectivity index (χ2n) is 3.77. The van der Waals surface area contributed by atoms with Crippen molar-refractivity contribution in [3.63, 3.8) is 0 Å². The van der Waals surface area contributed by atoms with Crippen molar-refractivity contribution in [1.82, 2.24) is 14.8 Å². The minimum absolute atomic E-state index is 0.0362. The van der Waals surface area contributed by atoms with Crippen molar-refractivity contribution in [3.8, 4) is 0 Å². The Morgan fingerprint density at radius 3 is 3.00 bits per heavy atom. The van der Waals surface area contributed by atoms with Crippen molar-refractivity contribution >= 4 is 5.97 Å². The van der Waals surface area contributed by atoms with Gasteiger partial charge < -0.3 is 9.84 Å². The predicted molar refractivity (Wildman–Crippen MR) is 54.9 cm³/mol. The minimum Gasteiger partial charge on any atom is -0.460 e. The molecule has 6 nitrogen and oxygen atoms in total. The van der Waals surface area contributed by atoms with Gasteiger partial charge in [-0.3, -0.25) is 0 Å². The Morgan fingerprint density at radius 1 is 1.62 bits per heavy atom. The summed E-state index contributed by atoms with van der Waals surface area (Å²) in [6.45, 7) is 4.03. The molecule has 0 bridgehead atoms. The number of hydrogen-bond acceptors (Lipinski definition) is 5. The lowest BCUT2D eigenvalue weighted by molar-refractivity contribution is 0.0510. The van der Waals surface area contributed by atoms with E-state index in [1.807, 2.05) is 6.92 Å². The van der Waals surface area contributed by atoms with Crippen LogP contribution in [0, 0.1) is 0 Å². The molecule has 1 aromatic rings. The number of carbonyl (C=O) groups excluding carboxylic acids is 1. The van der Waals surface area contributed by atoms with Gasteiger partial charge in [-0.1, -0.05) is 6.92 Å². The Hall–Kier alpha value is -1.43. The molecule has 0 radical (unpaired) electrons. The number of ether oxygens (including phenoxy) is 1. The minimum atomic E-state index is -0.624. The quantitative estimate of drug-likeness (QED) is 0.771. The van der Waals surface area contributed by atoms with Crippen molar-refractivity contribution in [1.29, 1.82) is 0 Å². The maximum absolute atomic E-state index is 11.4. The highest BCUT2D eigenvalue weighted by atomic mass is 16.5. The molecule has 0 saturated carbocycles. The van der Waals surface area contributed by atoms with E-state index in [9.17, 15) is 9.90 Å². The van der Waals surface area contributed by atoms with E-state index in [-0.39, 0.29) is 11.9 Å². The van der Waals surface area contributed by atoms with Crippen molar-refractivity contribution in [2.75, 3.05) is 6.61 Å². The first-order valence-corrected chi connectivity index (χ1v) is 5.49. The molecule has 2 unspecified atom stereocenters. The lowest BCUT2D eigenvalue weighted by atomic mass is 10.1. The number of carbonyl (C=O) groups is 1. The highest BCUT2D eigenvalue weighted by molar-refractivity contribution is 5.85. The number of aromatic nitrogens is 3. The van der Waals surface area contributed by atoms with Crippen LogP contribution in [0.4, 0.5) is 0 Å². The van der Waals surface area contributed by atoms with E-state index in [2.05, 4.69) is 10.1 Å². The van der Waals surface area contributed by atoms with Crippen LogP contribution in [0.15, 0.2) is 0 Å². The van der Waals surface area contributed by atoms with Gasteiger partial charge in [0.25, 0.3) is 5.82 Å². The van der Waals surface area contributed by atoms with E-state index in [4.69, 9.17) is 4.74 Å². The first kappa shape index (κ1) is 11.1. The van der Waals surface area contributed by atoms with Crippen LogP contribution in [0.3, 0.4) is 0 Å². The molecular weight excluding hydrogens is 210 g/mol. The van der Waals surface area contributed by atoms with E-state index < -0.39 is 12.1 Å². The summed E-state index contributed by atoms with van der Waals surface area (Å²) in [6.07, 6.45) is 0.852. The highest BCUT2D eigenvalue weighted by Gasteiger charge is 2.33. The summed E-state index contributed by atoms with van der Waals surface area (Å²) in [4.78, 5) is 15.4. The van der Waals surface area contributed by atoms with Crippen LogP contribution in [-0.4, -0.2) is 32.4 Å². The fourth-order valence-corrected chi connectivity index (χ4v) is 1.92. The normalized spacial score (nSPS) is 23.2. The summed E-state index contributed by atoms with van der Waals surface area (Å²) < 4.78 is 6.45. The van der Waals surface area contributed by atoms with Crippen LogP contribution in [0.1, 0.15) is 55.3 Å². The summed E-state index contributed by atoms with van der Waals surface area (Å²) in [6, 6.07) is 0.126. The van der Waals surface area contributed by atoms with E-state index in [1.54, 1.807) is 11.6 Å². The topological polar surface area (TPSA) is 77.2 Å². The molecular formula is C10H15N3O3. The van der Waals surface area contributed by atoms with Crippen molar-refractivity contribution in [2.24, 2.45) is 0 Å². The van der Waals surface area contributed by atoms with Gasteiger partial charge in [0.15, 0.2) is 5.82 Å². The first-order valence-electron chi connectivity index (χ1n) is 5.49. The summed E-state index contributed by atoms with van der Waals surface area (Å²) in [7, 11) is 0. The number of nitrogens with zero attached hydrogens (tertiary/aromatic N) is 3. The van der Waals surface area contributed by atoms with Gasteiger partial charge in [-0.05, 0) is 13.3 Å². The number of rotatable bonds is 3. The summed E-state index contributed by atoms with van der Waals surface area (Å²) in [5.41, 5.74) is 0. The molecule has 0 saturated heterocycles. The average molecular weight is 225 g/mol. The Morgan fingerprint density at radius 2 is 2.38 bits per heavy atom. The van der Waals surface area contributed by atoms with Crippen LogP contribution in [0.2, 0.25) is 0 Å². The average Bonchev–Trinajstić information content (AvgIpc) is 2.80.